The molecule has 0 spiro atoms. The van der Waals surface area contributed by atoms with Gasteiger partial charge in [0.15, 0.2) is 6.61 Å². The van der Waals surface area contributed by atoms with Crippen LogP contribution in [0.5, 0.6) is 5.88 Å². The lowest BCUT2D eigenvalue weighted by molar-refractivity contribution is -0.147. The van der Waals surface area contributed by atoms with Crippen LogP contribution in [0.3, 0.4) is 0 Å². The van der Waals surface area contributed by atoms with Gasteiger partial charge in [-0.15, -0.1) is 0 Å². The second-order valence-corrected chi connectivity index (χ2v) is 5.50. The summed E-state index contributed by atoms with van der Waals surface area (Å²) in [6.45, 7) is 3.38. The number of aromatic nitrogens is 1. The number of hydrogen-bond acceptors (Lipinski definition) is 7. The molecule has 0 saturated carbocycles. The lowest BCUT2D eigenvalue weighted by Crippen LogP contribution is -2.15. The predicted molar refractivity (Wildman–Crippen MR) is 88.4 cm³/mol. The quantitative estimate of drug-likeness (QED) is 0.502. The van der Waals surface area contributed by atoms with Crippen molar-refractivity contribution in [2.75, 3.05) is 6.61 Å². The largest absolute Gasteiger partial charge is 0.463 e. The van der Waals surface area contributed by atoms with Crippen molar-refractivity contribution in [3.8, 4) is 5.88 Å². The van der Waals surface area contributed by atoms with Gasteiger partial charge in [0.05, 0.1) is 0 Å². The van der Waals surface area contributed by atoms with Gasteiger partial charge in [-0.2, -0.15) is 0 Å². The van der Waals surface area contributed by atoms with Crippen LogP contribution < -0.4 is 10.4 Å². The van der Waals surface area contributed by atoms with E-state index in [0.717, 1.165) is 17.4 Å². The maximum absolute atomic E-state index is 11.8. The van der Waals surface area contributed by atoms with Crippen molar-refractivity contribution in [2.24, 2.45) is 0 Å². The summed E-state index contributed by atoms with van der Waals surface area (Å²) in [7, 11) is 0. The average molecular weight is 343 g/mol. The third kappa shape index (κ3) is 4.06. The van der Waals surface area contributed by atoms with Crippen LogP contribution in [0, 0.1) is 6.92 Å². The second kappa shape index (κ2) is 7.21. The van der Waals surface area contributed by atoms with Crippen LogP contribution in [0.2, 0.25) is 0 Å². The van der Waals surface area contributed by atoms with Crippen LogP contribution in [-0.4, -0.2) is 17.7 Å². The molecule has 0 unspecified atom stereocenters. The molecule has 25 heavy (non-hydrogen) atoms. The van der Waals surface area contributed by atoms with Crippen molar-refractivity contribution in [2.45, 2.75) is 26.9 Å². The Morgan fingerprint density at radius 2 is 2.08 bits per heavy atom. The molecule has 0 aliphatic rings. The molecule has 0 aliphatic heterocycles. The fourth-order valence-electron chi connectivity index (χ4n) is 2.36. The van der Waals surface area contributed by atoms with Crippen LogP contribution in [0.1, 0.15) is 23.8 Å². The Bertz CT molecular complexity index is 956. The number of rotatable bonds is 6. The van der Waals surface area contributed by atoms with E-state index < -0.39 is 11.6 Å². The predicted octanol–water partition coefficient (Wildman–Crippen LogP) is 2.77. The first-order valence-electron chi connectivity index (χ1n) is 7.82. The number of esters is 1. The van der Waals surface area contributed by atoms with Gasteiger partial charge in [-0.05, 0) is 30.1 Å². The highest BCUT2D eigenvalue weighted by molar-refractivity contribution is 5.81. The Morgan fingerprint density at radius 3 is 2.80 bits per heavy atom. The number of hydrogen-bond donors (Lipinski definition) is 0. The van der Waals surface area contributed by atoms with Gasteiger partial charge < -0.3 is 18.4 Å². The van der Waals surface area contributed by atoms with Crippen LogP contribution in [-0.2, 0) is 22.6 Å². The first-order chi connectivity index (χ1) is 12.0. The molecule has 0 amide bonds. The van der Waals surface area contributed by atoms with Gasteiger partial charge in [-0.1, -0.05) is 19.1 Å². The standard InChI is InChI=1S/C18H17NO6/c1-3-12-4-5-14-13(8-17(20)24-15(14)7-12)9-23-18(21)10-22-16-6-11(2)25-19-16/h4-8H,3,9-10H2,1-2H3. The van der Waals surface area contributed by atoms with Crippen LogP contribution >= 0.6 is 0 Å². The number of fused-ring (bicyclic) bond motifs is 1. The zero-order chi connectivity index (χ0) is 17.8. The maximum Gasteiger partial charge on any atom is 0.344 e. The number of ether oxygens (including phenoxy) is 2. The lowest BCUT2D eigenvalue weighted by Gasteiger charge is -2.08. The Kier molecular flexibility index (Phi) is 4.83. The Morgan fingerprint density at radius 1 is 1.24 bits per heavy atom. The van der Waals surface area contributed by atoms with Crippen LogP contribution in [0.25, 0.3) is 11.0 Å². The van der Waals surface area contributed by atoms with Crippen LogP contribution in [0.15, 0.2) is 44.1 Å². The second-order valence-electron chi connectivity index (χ2n) is 5.50. The first kappa shape index (κ1) is 16.8. The number of benzene rings is 1. The molecule has 0 fully saturated rings. The minimum absolute atomic E-state index is 0.0480. The molecule has 130 valence electrons. The topological polar surface area (TPSA) is 91.8 Å². The average Bonchev–Trinajstić information content (AvgIpc) is 3.02. The van der Waals surface area contributed by atoms with Gasteiger partial charge >= 0.3 is 11.6 Å². The molecule has 0 radical (unpaired) electrons. The van der Waals surface area contributed by atoms with Crippen molar-refractivity contribution < 1.29 is 23.2 Å². The summed E-state index contributed by atoms with van der Waals surface area (Å²) >= 11 is 0. The summed E-state index contributed by atoms with van der Waals surface area (Å²) in [5, 5.41) is 4.35. The van der Waals surface area contributed by atoms with Gasteiger partial charge in [0.1, 0.15) is 18.0 Å². The molecular weight excluding hydrogens is 326 g/mol. The maximum atomic E-state index is 11.8. The zero-order valence-corrected chi connectivity index (χ0v) is 13.9. The number of carbonyl (C=O) groups is 1. The van der Waals surface area contributed by atoms with E-state index in [4.69, 9.17) is 18.4 Å². The summed E-state index contributed by atoms with van der Waals surface area (Å²) in [5.74, 6) is 0.219. The molecule has 0 aliphatic carbocycles. The van der Waals surface area contributed by atoms with E-state index in [1.807, 2.05) is 25.1 Å². The summed E-state index contributed by atoms with van der Waals surface area (Å²) in [4.78, 5) is 23.5. The van der Waals surface area contributed by atoms with E-state index in [1.54, 1.807) is 13.0 Å². The summed E-state index contributed by atoms with van der Waals surface area (Å²) in [5.41, 5.74) is 1.63. The molecular formula is C18H17NO6. The smallest absolute Gasteiger partial charge is 0.344 e. The van der Waals surface area contributed by atoms with E-state index in [-0.39, 0.29) is 19.1 Å². The van der Waals surface area contributed by atoms with Gasteiger partial charge in [0.25, 0.3) is 5.88 Å². The Balaban J connectivity index is 1.68. The van der Waals surface area contributed by atoms with Crippen molar-refractivity contribution in [3.63, 3.8) is 0 Å². The molecule has 3 aromatic rings. The molecule has 0 atom stereocenters. The third-order valence-corrected chi connectivity index (χ3v) is 3.64. The van der Waals surface area contributed by atoms with Gasteiger partial charge in [-0.3, -0.25) is 0 Å². The minimum Gasteiger partial charge on any atom is -0.463 e. The molecule has 2 heterocycles. The van der Waals surface area contributed by atoms with Crippen molar-refractivity contribution >= 4 is 16.9 Å². The lowest BCUT2D eigenvalue weighted by atomic mass is 10.1. The molecule has 1 aromatic carbocycles. The van der Waals surface area contributed by atoms with E-state index in [2.05, 4.69) is 5.16 Å². The molecule has 0 saturated heterocycles. The molecule has 7 heteroatoms. The van der Waals surface area contributed by atoms with Gasteiger partial charge in [-0.25, -0.2) is 9.59 Å². The van der Waals surface area contributed by atoms with E-state index >= 15 is 0 Å². The minimum atomic E-state index is -0.577. The van der Waals surface area contributed by atoms with E-state index in [0.29, 0.717) is 16.9 Å². The van der Waals surface area contributed by atoms with E-state index in [1.165, 1.54) is 6.07 Å². The third-order valence-electron chi connectivity index (χ3n) is 3.64. The normalized spacial score (nSPS) is 10.8. The Labute approximate surface area is 143 Å². The van der Waals surface area contributed by atoms with E-state index in [9.17, 15) is 9.59 Å². The van der Waals surface area contributed by atoms with Crippen LogP contribution in [0.4, 0.5) is 0 Å². The fourth-order valence-corrected chi connectivity index (χ4v) is 2.36. The highest BCUT2D eigenvalue weighted by Crippen LogP contribution is 2.20. The summed E-state index contributed by atoms with van der Waals surface area (Å²) in [6, 6.07) is 8.51. The molecule has 0 bridgehead atoms. The molecule has 3 rings (SSSR count). The van der Waals surface area contributed by atoms with Crippen molar-refractivity contribution in [3.05, 3.63) is 57.6 Å². The number of aryl methyl sites for hydroxylation is 2. The highest BCUT2D eigenvalue weighted by Gasteiger charge is 2.11. The van der Waals surface area contributed by atoms with Crippen molar-refractivity contribution in [1.29, 1.82) is 0 Å². The first-order valence-corrected chi connectivity index (χ1v) is 7.82. The van der Waals surface area contributed by atoms with Gasteiger partial charge in [0, 0.05) is 23.1 Å². The van der Waals surface area contributed by atoms with Crippen molar-refractivity contribution in [1.82, 2.24) is 5.16 Å². The molecule has 0 N–H and O–H groups in total. The Hall–Kier alpha value is -3.09. The summed E-state index contributed by atoms with van der Waals surface area (Å²) in [6.07, 6.45) is 0.831. The highest BCUT2D eigenvalue weighted by atomic mass is 16.6. The number of carbonyl (C=O) groups excluding carboxylic acids is 1. The van der Waals surface area contributed by atoms with Gasteiger partial charge in [0.2, 0.25) is 0 Å². The monoisotopic (exact) mass is 343 g/mol. The molecule has 7 nitrogen and oxygen atoms in total. The molecule has 2 aromatic heterocycles. The zero-order valence-electron chi connectivity index (χ0n) is 13.9. The number of nitrogens with zero attached hydrogens (tertiary/aromatic N) is 1. The summed E-state index contributed by atoms with van der Waals surface area (Å²) < 4.78 is 20.4. The fraction of sp³-hybridized carbons (Fsp3) is 0.278. The SMILES string of the molecule is CCc1ccc2c(COC(=O)COc3cc(C)on3)cc(=O)oc2c1.